The van der Waals surface area contributed by atoms with E-state index in [1.54, 1.807) is 0 Å². The molecule has 2 aromatic rings. The molecule has 0 atom stereocenters. The van der Waals surface area contributed by atoms with Crippen molar-refractivity contribution in [1.29, 1.82) is 0 Å². The van der Waals surface area contributed by atoms with Crippen molar-refractivity contribution < 1.29 is 14.4 Å². The predicted molar refractivity (Wildman–Crippen MR) is 68.1 cm³/mol. The molecule has 0 aliphatic heterocycles. The Hall–Kier alpha value is -2.84. The van der Waals surface area contributed by atoms with Crippen molar-refractivity contribution in [2.45, 2.75) is 13.8 Å². The number of aromatic amines is 2. The molecule has 2 rings (SSSR count). The highest BCUT2D eigenvalue weighted by atomic mass is 16.2. The van der Waals surface area contributed by atoms with Crippen LogP contribution in [0, 0.1) is 5.92 Å². The molecule has 0 unspecified atom stereocenters. The van der Waals surface area contributed by atoms with Crippen LogP contribution in [0.2, 0.25) is 0 Å². The molecule has 9 heteroatoms. The van der Waals surface area contributed by atoms with E-state index < -0.39 is 28.8 Å². The molecule has 0 amide bonds. The normalized spacial score (nSPS) is 10.9. The molecule has 0 aromatic carbocycles. The third-order valence-corrected chi connectivity index (χ3v) is 2.69. The number of carbonyl (C=O) groups excluding carboxylic acids is 3. The highest BCUT2D eigenvalue weighted by molar-refractivity contribution is 6.22. The number of anilines is 1. The number of fused-ring (bicyclic) bond motifs is 1. The first-order chi connectivity index (χ1) is 9.31. The van der Waals surface area contributed by atoms with Gasteiger partial charge in [-0.05, 0) is 13.8 Å². The van der Waals surface area contributed by atoms with Crippen molar-refractivity contribution in [3.05, 3.63) is 16.2 Å². The lowest BCUT2D eigenvalue weighted by atomic mass is 9.95. The quantitative estimate of drug-likeness (QED) is 0.488. The molecular formula is C11H11N5O4. The lowest BCUT2D eigenvalue weighted by molar-refractivity contribution is -0.128. The zero-order valence-electron chi connectivity index (χ0n) is 10.7. The number of nitrogens with zero attached hydrogens (tertiary/aromatic N) is 2. The number of hydrogen-bond donors (Lipinski definition) is 3. The van der Waals surface area contributed by atoms with E-state index in [0.717, 1.165) is 13.8 Å². The molecule has 0 saturated heterocycles. The average molecular weight is 277 g/mol. The van der Waals surface area contributed by atoms with Crippen molar-refractivity contribution in [1.82, 2.24) is 19.9 Å². The Morgan fingerprint density at radius 2 is 1.70 bits per heavy atom. The highest BCUT2D eigenvalue weighted by Gasteiger charge is 2.31. The third kappa shape index (κ3) is 2.20. The first-order valence-corrected chi connectivity index (χ1v) is 5.62. The van der Waals surface area contributed by atoms with Gasteiger partial charge >= 0.3 is 0 Å². The molecule has 4 N–H and O–H groups in total. The van der Waals surface area contributed by atoms with Gasteiger partial charge in [-0.1, -0.05) is 0 Å². The number of hydrogen-bond acceptors (Lipinski definition) is 7. The molecule has 9 nitrogen and oxygen atoms in total. The van der Waals surface area contributed by atoms with Crippen LogP contribution >= 0.6 is 0 Å². The van der Waals surface area contributed by atoms with E-state index in [9.17, 15) is 19.2 Å². The van der Waals surface area contributed by atoms with E-state index in [1.165, 1.54) is 0 Å². The average Bonchev–Trinajstić information content (AvgIpc) is 2.71. The Balaban J connectivity index is 2.56. The van der Waals surface area contributed by atoms with Crippen molar-refractivity contribution >= 4 is 34.5 Å². The van der Waals surface area contributed by atoms with Gasteiger partial charge in [0.1, 0.15) is 17.5 Å². The summed E-state index contributed by atoms with van der Waals surface area (Å²) in [4.78, 5) is 58.6. The van der Waals surface area contributed by atoms with Gasteiger partial charge in [0.15, 0.2) is 17.0 Å². The second-order valence-electron chi connectivity index (χ2n) is 4.25. The monoisotopic (exact) mass is 277 g/mol. The predicted octanol–water partition coefficient (Wildman–Crippen LogP) is -0.795. The van der Waals surface area contributed by atoms with Crippen LogP contribution in [0.5, 0.6) is 0 Å². The minimum Gasteiger partial charge on any atom is -0.369 e. The fourth-order valence-electron chi connectivity index (χ4n) is 1.83. The molecule has 0 radical (unpaired) electrons. The molecule has 0 bridgehead atoms. The van der Waals surface area contributed by atoms with E-state index in [4.69, 9.17) is 5.73 Å². The first kappa shape index (κ1) is 13.6. The number of imidazole rings is 1. The molecular weight excluding hydrogens is 266 g/mol. The molecule has 0 aliphatic carbocycles. The summed E-state index contributed by atoms with van der Waals surface area (Å²) >= 11 is 0. The van der Waals surface area contributed by atoms with Crippen LogP contribution in [0.15, 0.2) is 4.79 Å². The van der Waals surface area contributed by atoms with Gasteiger partial charge in [-0.2, -0.15) is 4.98 Å². The summed E-state index contributed by atoms with van der Waals surface area (Å²) in [6, 6.07) is 0. The number of aromatic nitrogens is 4. The van der Waals surface area contributed by atoms with Gasteiger partial charge in [-0.25, -0.2) is 4.98 Å². The SMILES string of the molecule is CC(=O)C(C(C)=O)C(=O)c1nc2nc(N)[nH]c(=O)c2[nH]1. The fourth-order valence-corrected chi connectivity index (χ4v) is 1.83. The Labute approximate surface area is 111 Å². The summed E-state index contributed by atoms with van der Waals surface area (Å²) in [6.07, 6.45) is 0. The van der Waals surface area contributed by atoms with Crippen LogP contribution in [0.1, 0.15) is 24.5 Å². The largest absolute Gasteiger partial charge is 0.369 e. The molecule has 0 spiro atoms. The van der Waals surface area contributed by atoms with Crippen LogP contribution in [-0.2, 0) is 9.59 Å². The number of ketones is 3. The van der Waals surface area contributed by atoms with E-state index in [-0.39, 0.29) is 22.9 Å². The molecule has 0 saturated carbocycles. The third-order valence-electron chi connectivity index (χ3n) is 2.69. The summed E-state index contributed by atoms with van der Waals surface area (Å²) in [5.74, 6) is -3.86. The Morgan fingerprint density at radius 1 is 1.10 bits per heavy atom. The first-order valence-electron chi connectivity index (χ1n) is 5.62. The zero-order valence-corrected chi connectivity index (χ0v) is 10.7. The van der Waals surface area contributed by atoms with Gasteiger partial charge < -0.3 is 10.7 Å². The Kier molecular flexibility index (Phi) is 3.18. The van der Waals surface area contributed by atoms with E-state index >= 15 is 0 Å². The lowest BCUT2D eigenvalue weighted by Gasteiger charge is -2.05. The van der Waals surface area contributed by atoms with Gasteiger partial charge in [-0.15, -0.1) is 0 Å². The van der Waals surface area contributed by atoms with Crippen molar-refractivity contribution in [2.24, 2.45) is 5.92 Å². The molecule has 20 heavy (non-hydrogen) atoms. The van der Waals surface area contributed by atoms with E-state index in [0.29, 0.717) is 0 Å². The number of nitrogens with one attached hydrogen (secondary N) is 2. The fraction of sp³-hybridized carbons (Fsp3) is 0.273. The van der Waals surface area contributed by atoms with Gasteiger partial charge in [0.2, 0.25) is 11.7 Å². The number of nitrogen functional groups attached to an aromatic ring is 1. The topological polar surface area (TPSA) is 152 Å². The van der Waals surface area contributed by atoms with Gasteiger partial charge in [0.25, 0.3) is 5.56 Å². The molecule has 2 heterocycles. The molecule has 104 valence electrons. The van der Waals surface area contributed by atoms with Crippen molar-refractivity contribution in [2.75, 3.05) is 5.73 Å². The summed E-state index contributed by atoms with van der Waals surface area (Å²) in [7, 11) is 0. The number of nitrogens with two attached hydrogens (primary N) is 1. The van der Waals surface area contributed by atoms with Crippen LogP contribution in [0.25, 0.3) is 11.2 Å². The molecule has 0 aliphatic rings. The second kappa shape index (κ2) is 4.68. The number of Topliss-reactive ketones (excluding diaryl/α,β-unsaturated/α-hetero) is 3. The van der Waals surface area contributed by atoms with Crippen LogP contribution in [-0.4, -0.2) is 37.3 Å². The number of rotatable bonds is 4. The van der Waals surface area contributed by atoms with Gasteiger partial charge in [0, 0.05) is 0 Å². The smallest absolute Gasteiger partial charge is 0.278 e. The lowest BCUT2D eigenvalue weighted by Crippen LogP contribution is -2.29. The Bertz CT molecular complexity index is 774. The van der Waals surface area contributed by atoms with Crippen molar-refractivity contribution in [3.8, 4) is 0 Å². The number of H-pyrrole nitrogens is 2. The summed E-state index contributed by atoms with van der Waals surface area (Å²) in [5, 5.41) is 0. The van der Waals surface area contributed by atoms with E-state index in [2.05, 4.69) is 19.9 Å². The Morgan fingerprint density at radius 3 is 2.25 bits per heavy atom. The molecule has 2 aromatic heterocycles. The van der Waals surface area contributed by atoms with Crippen LogP contribution in [0.3, 0.4) is 0 Å². The maximum absolute atomic E-state index is 12.1. The minimum absolute atomic E-state index is 0.0478. The zero-order chi connectivity index (χ0) is 15.0. The van der Waals surface area contributed by atoms with Gasteiger partial charge in [-0.3, -0.25) is 24.2 Å². The van der Waals surface area contributed by atoms with Crippen LogP contribution < -0.4 is 11.3 Å². The maximum Gasteiger partial charge on any atom is 0.278 e. The molecule has 0 fully saturated rings. The maximum atomic E-state index is 12.1. The standard InChI is InChI=1S/C11H11N5O4/c1-3(17)5(4(2)18)7(19)9-13-6-8(14-9)15-11(12)16-10(6)20/h5H,1-2H3,(H4,12,13,14,15,16,20). The van der Waals surface area contributed by atoms with E-state index in [1.807, 2.05) is 0 Å². The van der Waals surface area contributed by atoms with Crippen molar-refractivity contribution in [3.63, 3.8) is 0 Å². The summed E-state index contributed by atoms with van der Waals surface area (Å²) in [5.41, 5.74) is 4.65. The number of carbonyl (C=O) groups is 3. The summed E-state index contributed by atoms with van der Waals surface area (Å²) in [6.45, 7) is 2.27. The van der Waals surface area contributed by atoms with Gasteiger partial charge in [0.05, 0.1) is 0 Å². The van der Waals surface area contributed by atoms with Crippen LogP contribution in [0.4, 0.5) is 5.95 Å². The second-order valence-corrected chi connectivity index (χ2v) is 4.25. The highest BCUT2D eigenvalue weighted by Crippen LogP contribution is 2.12. The minimum atomic E-state index is -1.44. The summed E-state index contributed by atoms with van der Waals surface area (Å²) < 4.78 is 0.